The third-order valence-corrected chi connectivity index (χ3v) is 2.40. The van der Waals surface area contributed by atoms with Crippen molar-refractivity contribution in [3.05, 3.63) is 17.2 Å². The molecule has 1 aromatic heterocycles. The molecular weight excluding hydrogens is 196 g/mol. The van der Waals surface area contributed by atoms with Gasteiger partial charge in [-0.3, -0.25) is 9.59 Å². The van der Waals surface area contributed by atoms with Gasteiger partial charge in [-0.15, -0.1) is 0 Å². The number of ether oxygens (including phenoxy) is 1. The first-order valence-corrected chi connectivity index (χ1v) is 4.57. The number of ketones is 1. The van der Waals surface area contributed by atoms with Crippen LogP contribution in [0.25, 0.3) is 0 Å². The van der Waals surface area contributed by atoms with E-state index in [-0.39, 0.29) is 12.2 Å². The first-order valence-electron chi connectivity index (χ1n) is 4.57. The molecule has 0 spiro atoms. The van der Waals surface area contributed by atoms with Gasteiger partial charge in [-0.25, -0.2) is 4.98 Å². The fraction of sp³-hybridized carbons (Fsp3) is 0.500. The lowest BCUT2D eigenvalue weighted by molar-refractivity contribution is -0.139. The van der Waals surface area contributed by atoms with Crippen LogP contribution in [-0.2, 0) is 16.6 Å². The Kier molecular flexibility index (Phi) is 3.24. The number of imidazole rings is 1. The number of nitrogens with zero attached hydrogens (tertiary/aromatic N) is 2. The van der Waals surface area contributed by atoms with Crippen LogP contribution in [-0.4, -0.2) is 28.4 Å². The van der Waals surface area contributed by atoms with Gasteiger partial charge in [-0.2, -0.15) is 0 Å². The van der Waals surface area contributed by atoms with Crippen molar-refractivity contribution in [3.8, 4) is 0 Å². The highest BCUT2D eigenvalue weighted by Crippen LogP contribution is 2.09. The lowest BCUT2D eigenvalue weighted by atomic mass is 10.3. The van der Waals surface area contributed by atoms with Gasteiger partial charge in [0.1, 0.15) is 6.42 Å². The molecule has 5 nitrogen and oxygen atoms in total. The average molecular weight is 210 g/mol. The Hall–Kier alpha value is -1.65. The predicted molar refractivity (Wildman–Crippen MR) is 53.6 cm³/mol. The van der Waals surface area contributed by atoms with Crippen LogP contribution in [0.1, 0.15) is 28.4 Å². The van der Waals surface area contributed by atoms with Crippen LogP contribution in [0.4, 0.5) is 0 Å². The number of aryl methyl sites for hydroxylation is 1. The first-order chi connectivity index (χ1) is 6.97. The Balaban J connectivity index is 2.92. The lowest BCUT2D eigenvalue weighted by Crippen LogP contribution is -2.14. The second kappa shape index (κ2) is 4.25. The van der Waals surface area contributed by atoms with Crippen molar-refractivity contribution in [1.82, 2.24) is 9.55 Å². The Morgan fingerprint density at radius 2 is 2.00 bits per heavy atom. The maximum atomic E-state index is 11.6. The quantitative estimate of drug-likeness (QED) is 0.420. The highest BCUT2D eigenvalue weighted by atomic mass is 16.5. The minimum atomic E-state index is -0.543. The topological polar surface area (TPSA) is 61.2 Å². The molecule has 0 N–H and O–H groups in total. The van der Waals surface area contributed by atoms with E-state index in [2.05, 4.69) is 9.72 Å². The van der Waals surface area contributed by atoms with Crippen LogP contribution >= 0.6 is 0 Å². The molecule has 0 aliphatic heterocycles. The fourth-order valence-corrected chi connectivity index (χ4v) is 1.25. The van der Waals surface area contributed by atoms with Crippen molar-refractivity contribution >= 4 is 11.8 Å². The molecule has 1 rings (SSSR count). The molecule has 0 saturated heterocycles. The number of hydrogen-bond acceptors (Lipinski definition) is 4. The molecule has 0 saturated carbocycles. The van der Waals surface area contributed by atoms with Crippen molar-refractivity contribution in [1.29, 1.82) is 0 Å². The molecule has 5 heteroatoms. The van der Waals surface area contributed by atoms with E-state index in [1.165, 1.54) is 7.11 Å². The van der Waals surface area contributed by atoms with Gasteiger partial charge < -0.3 is 9.30 Å². The van der Waals surface area contributed by atoms with Crippen molar-refractivity contribution in [2.24, 2.45) is 7.05 Å². The second-order valence-electron chi connectivity index (χ2n) is 3.34. The molecule has 0 aromatic carbocycles. The van der Waals surface area contributed by atoms with Crippen molar-refractivity contribution in [2.75, 3.05) is 7.11 Å². The van der Waals surface area contributed by atoms with Crippen LogP contribution in [0.3, 0.4) is 0 Å². The third kappa shape index (κ3) is 2.23. The maximum Gasteiger partial charge on any atom is 0.313 e. The summed E-state index contributed by atoms with van der Waals surface area (Å²) in [4.78, 5) is 26.6. The van der Waals surface area contributed by atoms with Crippen LogP contribution < -0.4 is 0 Å². The predicted octanol–water partition coefficient (Wildman–Crippen LogP) is 0.783. The van der Waals surface area contributed by atoms with Gasteiger partial charge in [-0.1, -0.05) is 0 Å². The summed E-state index contributed by atoms with van der Waals surface area (Å²) in [5, 5.41) is 0. The molecule has 1 aromatic rings. The molecule has 1 heterocycles. The zero-order valence-electron chi connectivity index (χ0n) is 9.33. The summed E-state index contributed by atoms with van der Waals surface area (Å²) in [6.07, 6.45) is -0.264. The van der Waals surface area contributed by atoms with E-state index in [0.29, 0.717) is 5.82 Å². The molecule has 0 fully saturated rings. The largest absolute Gasteiger partial charge is 0.469 e. The van der Waals surface area contributed by atoms with Gasteiger partial charge in [-0.05, 0) is 13.8 Å². The highest BCUT2D eigenvalue weighted by Gasteiger charge is 2.18. The maximum absolute atomic E-state index is 11.6. The standard InChI is InChI=1S/C10H14N2O3/c1-6-7(2)12(3)10(11-6)8(13)5-9(14)15-4/h5H2,1-4H3. The number of carbonyl (C=O) groups is 2. The summed E-state index contributed by atoms with van der Waals surface area (Å²) in [7, 11) is 3.00. The van der Waals surface area contributed by atoms with E-state index in [1.54, 1.807) is 11.6 Å². The van der Waals surface area contributed by atoms with E-state index in [1.807, 2.05) is 13.8 Å². The zero-order chi connectivity index (χ0) is 11.6. The number of rotatable bonds is 3. The molecule has 0 bridgehead atoms. The Labute approximate surface area is 88.1 Å². The van der Waals surface area contributed by atoms with E-state index in [0.717, 1.165) is 11.4 Å². The highest BCUT2D eigenvalue weighted by molar-refractivity contribution is 6.04. The van der Waals surface area contributed by atoms with Crippen LogP contribution in [0, 0.1) is 13.8 Å². The van der Waals surface area contributed by atoms with Crippen LogP contribution in [0.5, 0.6) is 0 Å². The van der Waals surface area contributed by atoms with E-state index < -0.39 is 5.97 Å². The van der Waals surface area contributed by atoms with Gasteiger partial charge in [0.05, 0.1) is 12.8 Å². The number of hydrogen-bond donors (Lipinski definition) is 0. The zero-order valence-corrected chi connectivity index (χ0v) is 9.33. The normalized spacial score (nSPS) is 10.1. The monoisotopic (exact) mass is 210 g/mol. The Bertz CT molecular complexity index is 407. The summed E-state index contributed by atoms with van der Waals surface area (Å²) in [5.74, 6) is -0.561. The van der Waals surface area contributed by atoms with Crippen molar-refractivity contribution < 1.29 is 14.3 Å². The van der Waals surface area contributed by atoms with Crippen molar-refractivity contribution in [3.63, 3.8) is 0 Å². The van der Waals surface area contributed by atoms with Crippen molar-refractivity contribution in [2.45, 2.75) is 20.3 Å². The molecule has 0 atom stereocenters. The average Bonchev–Trinajstić information content (AvgIpc) is 2.45. The van der Waals surface area contributed by atoms with E-state index in [4.69, 9.17) is 0 Å². The molecule has 82 valence electrons. The van der Waals surface area contributed by atoms with Gasteiger partial charge in [0.2, 0.25) is 5.78 Å². The van der Waals surface area contributed by atoms with Crippen LogP contribution in [0.15, 0.2) is 0 Å². The summed E-state index contributed by atoms with van der Waals surface area (Å²) < 4.78 is 6.10. The van der Waals surface area contributed by atoms with Gasteiger partial charge in [0.15, 0.2) is 5.82 Å². The molecular formula is C10H14N2O3. The summed E-state index contributed by atoms with van der Waals surface area (Å²) in [6.45, 7) is 3.70. The van der Waals surface area contributed by atoms with Gasteiger partial charge in [0.25, 0.3) is 0 Å². The number of methoxy groups -OCH3 is 1. The number of Topliss-reactive ketones (excluding diaryl/α,β-unsaturated/α-hetero) is 1. The SMILES string of the molecule is COC(=O)CC(=O)c1nc(C)c(C)n1C. The molecule has 0 aliphatic carbocycles. The lowest BCUT2D eigenvalue weighted by Gasteiger charge is -2.01. The Morgan fingerprint density at radius 1 is 1.40 bits per heavy atom. The summed E-state index contributed by atoms with van der Waals surface area (Å²) in [6, 6.07) is 0. The summed E-state index contributed by atoms with van der Waals surface area (Å²) >= 11 is 0. The number of esters is 1. The minimum Gasteiger partial charge on any atom is -0.469 e. The molecule has 15 heavy (non-hydrogen) atoms. The first kappa shape index (κ1) is 11.4. The number of carbonyl (C=O) groups excluding carboxylic acids is 2. The van der Waals surface area contributed by atoms with Gasteiger partial charge >= 0.3 is 5.97 Å². The Morgan fingerprint density at radius 3 is 2.40 bits per heavy atom. The molecule has 0 aliphatic rings. The molecule has 0 unspecified atom stereocenters. The second-order valence-corrected chi connectivity index (χ2v) is 3.34. The fourth-order valence-electron chi connectivity index (χ4n) is 1.25. The third-order valence-electron chi connectivity index (χ3n) is 2.40. The van der Waals surface area contributed by atoms with E-state index in [9.17, 15) is 9.59 Å². The number of aromatic nitrogens is 2. The van der Waals surface area contributed by atoms with Gasteiger partial charge in [0, 0.05) is 12.7 Å². The molecule has 0 amide bonds. The van der Waals surface area contributed by atoms with E-state index >= 15 is 0 Å². The minimum absolute atomic E-state index is 0.264. The van der Waals surface area contributed by atoms with Crippen LogP contribution in [0.2, 0.25) is 0 Å². The molecule has 0 radical (unpaired) electrons. The summed E-state index contributed by atoms with van der Waals surface area (Å²) in [5.41, 5.74) is 1.72. The smallest absolute Gasteiger partial charge is 0.313 e.